The number of urea groups is 1. The monoisotopic (exact) mass is 222 g/mol. The zero-order chi connectivity index (χ0) is 11.5. The van der Waals surface area contributed by atoms with Gasteiger partial charge in [0.05, 0.1) is 0 Å². The SMILES string of the molecule is CNC(=O)NNc1nc(N)cc2ncnn12. The number of aromatic nitrogens is 4. The number of nitrogen functional groups attached to an aromatic ring is 1. The Bertz CT molecular complexity index is 520. The van der Waals surface area contributed by atoms with E-state index in [1.54, 1.807) is 6.07 Å². The average Bonchev–Trinajstić information content (AvgIpc) is 2.73. The van der Waals surface area contributed by atoms with Crippen molar-refractivity contribution in [2.75, 3.05) is 18.2 Å². The van der Waals surface area contributed by atoms with Crippen LogP contribution in [-0.2, 0) is 0 Å². The molecule has 0 fully saturated rings. The first-order valence-corrected chi connectivity index (χ1v) is 4.40. The summed E-state index contributed by atoms with van der Waals surface area (Å²) < 4.78 is 1.41. The Morgan fingerprint density at radius 1 is 1.56 bits per heavy atom. The number of nitrogens with zero attached hydrogens (tertiary/aromatic N) is 4. The first kappa shape index (κ1) is 9.96. The number of nitrogens with one attached hydrogen (secondary N) is 3. The van der Waals surface area contributed by atoms with E-state index in [1.165, 1.54) is 17.9 Å². The van der Waals surface area contributed by atoms with E-state index in [-0.39, 0.29) is 11.8 Å². The molecule has 0 spiro atoms. The highest BCUT2D eigenvalue weighted by atomic mass is 16.2. The van der Waals surface area contributed by atoms with Gasteiger partial charge in [0.15, 0.2) is 5.65 Å². The van der Waals surface area contributed by atoms with E-state index in [2.05, 4.69) is 31.2 Å². The molecule has 0 saturated heterocycles. The van der Waals surface area contributed by atoms with Crippen molar-refractivity contribution in [3.8, 4) is 0 Å². The third-order valence-electron chi connectivity index (χ3n) is 1.80. The predicted molar refractivity (Wildman–Crippen MR) is 56.4 cm³/mol. The van der Waals surface area contributed by atoms with Gasteiger partial charge in [0.25, 0.3) is 0 Å². The predicted octanol–water partition coefficient (Wildman–Crippen LogP) is -1.04. The van der Waals surface area contributed by atoms with E-state index in [0.29, 0.717) is 5.65 Å². The lowest BCUT2D eigenvalue weighted by Gasteiger charge is -2.08. The van der Waals surface area contributed by atoms with Crippen molar-refractivity contribution in [2.24, 2.45) is 0 Å². The second-order valence-corrected chi connectivity index (χ2v) is 2.86. The van der Waals surface area contributed by atoms with Crippen LogP contribution < -0.4 is 21.9 Å². The van der Waals surface area contributed by atoms with Gasteiger partial charge in [0.1, 0.15) is 12.1 Å². The molecular weight excluding hydrogens is 212 g/mol. The van der Waals surface area contributed by atoms with Gasteiger partial charge < -0.3 is 11.1 Å². The molecular formula is C7H10N8O. The largest absolute Gasteiger partial charge is 0.383 e. The normalized spacial score (nSPS) is 10.1. The van der Waals surface area contributed by atoms with E-state index < -0.39 is 6.03 Å². The molecule has 0 unspecified atom stereocenters. The summed E-state index contributed by atoms with van der Waals surface area (Å²) >= 11 is 0. The van der Waals surface area contributed by atoms with Crippen molar-refractivity contribution in [3.63, 3.8) is 0 Å². The minimum absolute atomic E-state index is 0.274. The first-order valence-electron chi connectivity index (χ1n) is 4.40. The Morgan fingerprint density at radius 2 is 2.38 bits per heavy atom. The van der Waals surface area contributed by atoms with E-state index in [4.69, 9.17) is 5.73 Å². The number of amides is 2. The Morgan fingerprint density at radius 3 is 3.12 bits per heavy atom. The van der Waals surface area contributed by atoms with Gasteiger partial charge >= 0.3 is 6.03 Å². The fraction of sp³-hybridized carbons (Fsp3) is 0.143. The number of rotatable bonds is 2. The number of nitrogens with two attached hydrogens (primary N) is 1. The molecule has 0 aromatic carbocycles. The summed E-state index contributed by atoms with van der Waals surface area (Å²) in [7, 11) is 1.49. The summed E-state index contributed by atoms with van der Waals surface area (Å²) in [6, 6.07) is 1.16. The highest BCUT2D eigenvalue weighted by Gasteiger charge is 2.06. The van der Waals surface area contributed by atoms with Gasteiger partial charge in [0.2, 0.25) is 5.95 Å². The molecule has 5 N–H and O–H groups in total. The van der Waals surface area contributed by atoms with Crippen molar-refractivity contribution in [1.82, 2.24) is 30.3 Å². The third kappa shape index (κ3) is 1.78. The summed E-state index contributed by atoms with van der Waals surface area (Å²) in [6.07, 6.45) is 1.36. The van der Waals surface area contributed by atoms with Crippen LogP contribution >= 0.6 is 0 Å². The molecule has 0 aliphatic rings. The van der Waals surface area contributed by atoms with E-state index in [0.717, 1.165) is 0 Å². The number of carbonyl (C=O) groups is 1. The van der Waals surface area contributed by atoms with Crippen LogP contribution in [0.1, 0.15) is 0 Å². The maximum atomic E-state index is 11.0. The molecule has 84 valence electrons. The van der Waals surface area contributed by atoms with Crippen molar-refractivity contribution in [2.45, 2.75) is 0 Å². The lowest BCUT2D eigenvalue weighted by molar-refractivity contribution is 0.244. The van der Waals surface area contributed by atoms with Crippen LogP contribution in [0.2, 0.25) is 0 Å². The summed E-state index contributed by atoms with van der Waals surface area (Å²) in [6.45, 7) is 0. The van der Waals surface area contributed by atoms with Crippen LogP contribution in [0, 0.1) is 0 Å². The fourth-order valence-corrected chi connectivity index (χ4v) is 1.10. The molecule has 0 saturated carbocycles. The summed E-state index contributed by atoms with van der Waals surface area (Å²) in [5.41, 5.74) is 11.0. The average molecular weight is 222 g/mol. The Hall–Kier alpha value is -2.58. The Labute approximate surface area is 90.0 Å². The Balaban J connectivity index is 2.28. The lowest BCUT2D eigenvalue weighted by atomic mass is 10.5. The van der Waals surface area contributed by atoms with Crippen LogP contribution in [-0.4, -0.2) is 32.7 Å². The zero-order valence-electron chi connectivity index (χ0n) is 8.43. The molecule has 9 nitrogen and oxygen atoms in total. The van der Waals surface area contributed by atoms with Gasteiger partial charge in [-0.25, -0.2) is 15.2 Å². The molecule has 16 heavy (non-hydrogen) atoms. The molecule has 0 aliphatic heterocycles. The molecule has 0 atom stereocenters. The molecule has 0 aliphatic carbocycles. The van der Waals surface area contributed by atoms with Gasteiger partial charge in [-0.05, 0) is 0 Å². The number of carbonyl (C=O) groups excluding carboxylic acids is 1. The minimum atomic E-state index is -0.405. The molecule has 2 amide bonds. The van der Waals surface area contributed by atoms with Crippen LogP contribution in [0.3, 0.4) is 0 Å². The van der Waals surface area contributed by atoms with E-state index in [1.807, 2.05) is 0 Å². The van der Waals surface area contributed by atoms with Crippen molar-refractivity contribution in [3.05, 3.63) is 12.4 Å². The van der Waals surface area contributed by atoms with Crippen LogP contribution in [0.5, 0.6) is 0 Å². The lowest BCUT2D eigenvalue weighted by Crippen LogP contribution is -2.37. The quantitative estimate of drug-likeness (QED) is 0.481. The van der Waals surface area contributed by atoms with Crippen molar-refractivity contribution < 1.29 is 4.79 Å². The molecule has 0 radical (unpaired) electrons. The number of fused-ring (bicyclic) bond motifs is 1. The number of anilines is 2. The van der Waals surface area contributed by atoms with Crippen LogP contribution in [0.4, 0.5) is 16.6 Å². The van der Waals surface area contributed by atoms with Gasteiger partial charge in [0, 0.05) is 13.1 Å². The van der Waals surface area contributed by atoms with Crippen molar-refractivity contribution >= 4 is 23.4 Å². The van der Waals surface area contributed by atoms with Gasteiger partial charge in [-0.1, -0.05) is 0 Å². The third-order valence-corrected chi connectivity index (χ3v) is 1.80. The Kier molecular flexibility index (Phi) is 2.42. The second kappa shape index (κ2) is 3.88. The standard InChI is InChI=1S/C7H10N8O/c1-9-7(16)14-13-6-12-4(8)2-5-10-3-11-15(5)6/h2-3H,8H2,1H3,(H,12,13)(H2,9,14,16). The smallest absolute Gasteiger partial charge is 0.333 e. The number of hydrogen-bond donors (Lipinski definition) is 4. The molecule has 2 aromatic rings. The maximum Gasteiger partial charge on any atom is 0.333 e. The number of hydrogen-bond acceptors (Lipinski definition) is 6. The molecule has 0 bridgehead atoms. The van der Waals surface area contributed by atoms with E-state index >= 15 is 0 Å². The van der Waals surface area contributed by atoms with E-state index in [9.17, 15) is 4.79 Å². The van der Waals surface area contributed by atoms with Crippen LogP contribution in [0.15, 0.2) is 12.4 Å². The summed E-state index contributed by atoms with van der Waals surface area (Å²) in [5, 5.41) is 6.29. The minimum Gasteiger partial charge on any atom is -0.383 e. The molecule has 2 aromatic heterocycles. The van der Waals surface area contributed by atoms with Crippen LogP contribution in [0.25, 0.3) is 5.65 Å². The molecule has 9 heteroatoms. The topological polar surface area (TPSA) is 122 Å². The molecule has 2 heterocycles. The first-order chi connectivity index (χ1) is 7.70. The fourth-order valence-electron chi connectivity index (χ4n) is 1.10. The number of hydrazine groups is 1. The zero-order valence-corrected chi connectivity index (χ0v) is 8.43. The molecule has 2 rings (SSSR count). The van der Waals surface area contributed by atoms with Gasteiger partial charge in [-0.15, -0.1) is 0 Å². The highest BCUT2D eigenvalue weighted by Crippen LogP contribution is 2.09. The maximum absolute atomic E-state index is 11.0. The van der Waals surface area contributed by atoms with Crippen molar-refractivity contribution in [1.29, 1.82) is 0 Å². The summed E-state index contributed by atoms with van der Waals surface area (Å²) in [5.74, 6) is 0.554. The van der Waals surface area contributed by atoms with Gasteiger partial charge in [-0.2, -0.15) is 14.6 Å². The summed E-state index contributed by atoms with van der Waals surface area (Å²) in [4.78, 5) is 18.9. The second-order valence-electron chi connectivity index (χ2n) is 2.86. The van der Waals surface area contributed by atoms with Gasteiger partial charge in [-0.3, -0.25) is 5.43 Å². The highest BCUT2D eigenvalue weighted by molar-refractivity contribution is 5.74.